The molecule has 0 aliphatic carbocycles. The Morgan fingerprint density at radius 3 is 2.71 bits per heavy atom. The van der Waals surface area contributed by atoms with Gasteiger partial charge in [-0.1, -0.05) is 11.8 Å². The van der Waals surface area contributed by atoms with Crippen LogP contribution in [0.15, 0.2) is 9.95 Å². The molecule has 1 aromatic heterocycles. The molecule has 1 aliphatic heterocycles. The Balaban J connectivity index is 2.30. The topological polar surface area (TPSA) is 90.2 Å². The number of ether oxygens (including phenoxy) is 2. The predicted molar refractivity (Wildman–Crippen MR) is 65.1 cm³/mol. The minimum Gasteiger partial charge on any atom is -0.383 e. The van der Waals surface area contributed by atoms with Gasteiger partial charge in [0.05, 0.1) is 18.8 Å². The Morgan fingerprint density at radius 2 is 2.18 bits per heavy atom. The standard InChI is InChI=1S/C10H15N3O3S/c1-10(15-3-4-16-10)5-6-7(11)12-9(17-2)13-8(6)14/h3-5H2,1-2H3,(H3,11,12,13,14). The third-order valence-electron chi connectivity index (χ3n) is 2.62. The van der Waals surface area contributed by atoms with Crippen molar-refractivity contribution in [2.75, 3.05) is 25.2 Å². The van der Waals surface area contributed by atoms with Gasteiger partial charge in [0.15, 0.2) is 10.9 Å². The molecule has 0 amide bonds. The van der Waals surface area contributed by atoms with Gasteiger partial charge < -0.3 is 20.2 Å². The van der Waals surface area contributed by atoms with Crippen molar-refractivity contribution < 1.29 is 9.47 Å². The second kappa shape index (κ2) is 4.67. The number of hydrogen-bond donors (Lipinski definition) is 2. The number of nitrogens with two attached hydrogens (primary N) is 1. The number of nitrogen functional groups attached to an aromatic ring is 1. The molecule has 2 heterocycles. The number of thioether (sulfide) groups is 1. The summed E-state index contributed by atoms with van der Waals surface area (Å²) in [6.07, 6.45) is 2.12. The van der Waals surface area contributed by atoms with E-state index in [1.54, 1.807) is 6.92 Å². The number of aromatic amines is 1. The Morgan fingerprint density at radius 1 is 1.53 bits per heavy atom. The van der Waals surface area contributed by atoms with E-state index in [-0.39, 0.29) is 11.4 Å². The Labute approximate surface area is 103 Å². The van der Waals surface area contributed by atoms with Crippen molar-refractivity contribution in [1.29, 1.82) is 0 Å². The summed E-state index contributed by atoms with van der Waals surface area (Å²) >= 11 is 1.34. The van der Waals surface area contributed by atoms with Crippen LogP contribution in [0, 0.1) is 0 Å². The van der Waals surface area contributed by atoms with Crippen molar-refractivity contribution in [2.45, 2.75) is 24.3 Å². The average molecular weight is 257 g/mol. The average Bonchev–Trinajstić information content (AvgIpc) is 2.70. The molecule has 7 heteroatoms. The van der Waals surface area contributed by atoms with Crippen molar-refractivity contribution in [2.24, 2.45) is 0 Å². The first-order valence-corrected chi connectivity index (χ1v) is 6.47. The highest BCUT2D eigenvalue weighted by molar-refractivity contribution is 7.98. The zero-order valence-electron chi connectivity index (χ0n) is 9.78. The molecule has 0 aromatic carbocycles. The van der Waals surface area contributed by atoms with Gasteiger partial charge in [0, 0.05) is 6.42 Å². The molecule has 1 aromatic rings. The molecule has 1 aliphatic rings. The highest BCUT2D eigenvalue weighted by Crippen LogP contribution is 2.24. The maximum absolute atomic E-state index is 11.8. The van der Waals surface area contributed by atoms with Crippen LogP contribution in [0.25, 0.3) is 0 Å². The van der Waals surface area contributed by atoms with Gasteiger partial charge in [-0.05, 0) is 13.2 Å². The van der Waals surface area contributed by atoms with Crippen LogP contribution in [0.4, 0.5) is 5.82 Å². The number of hydrogen-bond acceptors (Lipinski definition) is 6. The van der Waals surface area contributed by atoms with Gasteiger partial charge in [-0.15, -0.1) is 0 Å². The van der Waals surface area contributed by atoms with Gasteiger partial charge in [-0.3, -0.25) is 4.79 Å². The summed E-state index contributed by atoms with van der Waals surface area (Å²) < 4.78 is 10.9. The first-order chi connectivity index (χ1) is 8.04. The SMILES string of the molecule is CSc1nc(N)c(CC2(C)OCCO2)c(=O)[nH]1. The minimum atomic E-state index is -0.774. The van der Waals surface area contributed by atoms with Gasteiger partial charge in [0.2, 0.25) is 0 Å². The van der Waals surface area contributed by atoms with Crippen molar-refractivity contribution in [3.8, 4) is 0 Å². The summed E-state index contributed by atoms with van der Waals surface area (Å²) in [5.74, 6) is -0.539. The first kappa shape index (κ1) is 12.4. The highest BCUT2D eigenvalue weighted by Gasteiger charge is 2.33. The molecular weight excluding hydrogens is 242 g/mol. The monoisotopic (exact) mass is 257 g/mol. The molecule has 1 saturated heterocycles. The zero-order valence-corrected chi connectivity index (χ0v) is 10.6. The first-order valence-electron chi connectivity index (χ1n) is 5.25. The lowest BCUT2D eigenvalue weighted by molar-refractivity contribution is -0.140. The number of H-pyrrole nitrogens is 1. The molecule has 0 bridgehead atoms. The zero-order chi connectivity index (χ0) is 12.5. The van der Waals surface area contributed by atoms with Crippen LogP contribution >= 0.6 is 11.8 Å². The fourth-order valence-corrected chi connectivity index (χ4v) is 2.13. The minimum absolute atomic E-state index is 0.234. The largest absolute Gasteiger partial charge is 0.383 e. The summed E-state index contributed by atoms with van der Waals surface area (Å²) in [6, 6.07) is 0. The molecule has 94 valence electrons. The summed E-state index contributed by atoms with van der Waals surface area (Å²) in [5.41, 5.74) is 5.95. The summed E-state index contributed by atoms with van der Waals surface area (Å²) in [5, 5.41) is 0.509. The van der Waals surface area contributed by atoms with Crippen LogP contribution in [0.1, 0.15) is 12.5 Å². The lowest BCUT2D eigenvalue weighted by atomic mass is 10.1. The number of aromatic nitrogens is 2. The number of nitrogens with zero attached hydrogens (tertiary/aromatic N) is 1. The van der Waals surface area contributed by atoms with Crippen molar-refractivity contribution in [3.05, 3.63) is 15.9 Å². The maximum atomic E-state index is 11.8. The number of anilines is 1. The molecule has 0 unspecified atom stereocenters. The lowest BCUT2D eigenvalue weighted by Crippen LogP contribution is -2.32. The molecule has 0 saturated carbocycles. The highest BCUT2D eigenvalue weighted by atomic mass is 32.2. The van der Waals surface area contributed by atoms with Crippen molar-refractivity contribution in [1.82, 2.24) is 9.97 Å². The van der Waals surface area contributed by atoms with E-state index in [9.17, 15) is 4.79 Å². The second-order valence-electron chi connectivity index (χ2n) is 3.95. The van der Waals surface area contributed by atoms with Crippen molar-refractivity contribution >= 4 is 17.6 Å². The van der Waals surface area contributed by atoms with Crippen LogP contribution in [-0.4, -0.2) is 35.2 Å². The fourth-order valence-electron chi connectivity index (χ4n) is 1.74. The summed E-state index contributed by atoms with van der Waals surface area (Å²) in [7, 11) is 0. The van der Waals surface area contributed by atoms with E-state index in [0.717, 1.165) is 0 Å². The maximum Gasteiger partial charge on any atom is 0.257 e. The second-order valence-corrected chi connectivity index (χ2v) is 4.74. The van der Waals surface area contributed by atoms with Crippen LogP contribution in [0.2, 0.25) is 0 Å². The van der Waals surface area contributed by atoms with E-state index in [1.807, 2.05) is 6.26 Å². The van der Waals surface area contributed by atoms with E-state index < -0.39 is 5.79 Å². The molecule has 0 radical (unpaired) electrons. The fraction of sp³-hybridized carbons (Fsp3) is 0.600. The molecule has 3 N–H and O–H groups in total. The molecule has 0 spiro atoms. The Kier molecular flexibility index (Phi) is 3.41. The van der Waals surface area contributed by atoms with E-state index in [2.05, 4.69) is 9.97 Å². The number of nitrogens with one attached hydrogen (secondary N) is 1. The quantitative estimate of drug-likeness (QED) is 0.601. The number of rotatable bonds is 3. The van der Waals surface area contributed by atoms with E-state index in [4.69, 9.17) is 15.2 Å². The van der Waals surface area contributed by atoms with Crippen LogP contribution < -0.4 is 11.3 Å². The summed E-state index contributed by atoms with van der Waals surface area (Å²) in [4.78, 5) is 18.6. The van der Waals surface area contributed by atoms with Gasteiger partial charge in [-0.25, -0.2) is 4.98 Å². The molecule has 17 heavy (non-hydrogen) atoms. The third-order valence-corrected chi connectivity index (χ3v) is 3.20. The molecule has 1 fully saturated rings. The molecular formula is C10H15N3O3S. The van der Waals surface area contributed by atoms with E-state index in [0.29, 0.717) is 30.4 Å². The van der Waals surface area contributed by atoms with Crippen LogP contribution in [-0.2, 0) is 15.9 Å². The van der Waals surface area contributed by atoms with E-state index in [1.165, 1.54) is 11.8 Å². The van der Waals surface area contributed by atoms with Crippen LogP contribution in [0.5, 0.6) is 0 Å². The third kappa shape index (κ3) is 2.62. The van der Waals surface area contributed by atoms with Crippen LogP contribution in [0.3, 0.4) is 0 Å². The predicted octanol–water partition coefficient (Wildman–Crippen LogP) is 0.380. The smallest absolute Gasteiger partial charge is 0.257 e. The Bertz CT molecular complexity index is 468. The normalized spacial score (nSPS) is 18.5. The summed E-state index contributed by atoms with van der Waals surface area (Å²) in [6.45, 7) is 2.86. The van der Waals surface area contributed by atoms with Gasteiger partial charge in [-0.2, -0.15) is 0 Å². The molecule has 6 nitrogen and oxygen atoms in total. The van der Waals surface area contributed by atoms with E-state index >= 15 is 0 Å². The Hall–Kier alpha value is -1.05. The lowest BCUT2D eigenvalue weighted by Gasteiger charge is -2.22. The van der Waals surface area contributed by atoms with Gasteiger partial charge >= 0.3 is 0 Å². The van der Waals surface area contributed by atoms with Gasteiger partial charge in [0.25, 0.3) is 5.56 Å². The molecule has 0 atom stereocenters. The van der Waals surface area contributed by atoms with Gasteiger partial charge in [0.1, 0.15) is 5.82 Å². The van der Waals surface area contributed by atoms with Crippen molar-refractivity contribution in [3.63, 3.8) is 0 Å². The molecule has 2 rings (SSSR count).